The van der Waals surface area contributed by atoms with E-state index in [1.165, 1.54) is 0 Å². The average Bonchev–Trinajstić information content (AvgIpc) is 2.76. The monoisotopic (exact) mass is 223 g/mol. The summed E-state index contributed by atoms with van der Waals surface area (Å²) < 4.78 is 8.02. The zero-order chi connectivity index (χ0) is 11.4. The minimum Gasteiger partial charge on any atom is -0.372 e. The summed E-state index contributed by atoms with van der Waals surface area (Å²) in [7, 11) is 0. The van der Waals surface area contributed by atoms with Crippen LogP contribution in [0.15, 0.2) is 12.5 Å². The van der Waals surface area contributed by atoms with E-state index in [0.29, 0.717) is 18.8 Å². The smallest absolute Gasteiger partial charge is 0.0948 e. The third-order valence-electron chi connectivity index (χ3n) is 3.32. The van der Waals surface area contributed by atoms with Crippen LogP contribution in [0.4, 0.5) is 0 Å². The summed E-state index contributed by atoms with van der Waals surface area (Å²) >= 11 is 0. The standard InChI is InChI=1S/C12H21N3O/c1-2-15-9-14-7-11(15)8-16-12-5-3-10(13)4-6-12/h7,9-10,12H,2-6,8,13H2,1H3. The van der Waals surface area contributed by atoms with Crippen molar-refractivity contribution < 1.29 is 4.74 Å². The fourth-order valence-corrected chi connectivity index (χ4v) is 2.21. The topological polar surface area (TPSA) is 53.1 Å². The zero-order valence-electron chi connectivity index (χ0n) is 9.93. The first kappa shape index (κ1) is 11.6. The molecule has 0 unspecified atom stereocenters. The third kappa shape index (κ3) is 2.83. The van der Waals surface area contributed by atoms with E-state index in [-0.39, 0.29) is 0 Å². The van der Waals surface area contributed by atoms with Crippen molar-refractivity contribution in [3.8, 4) is 0 Å². The Morgan fingerprint density at radius 1 is 1.44 bits per heavy atom. The van der Waals surface area contributed by atoms with Crippen LogP contribution >= 0.6 is 0 Å². The van der Waals surface area contributed by atoms with Crippen molar-refractivity contribution in [2.45, 2.75) is 57.9 Å². The maximum absolute atomic E-state index is 5.90. The van der Waals surface area contributed by atoms with Crippen LogP contribution in [0.3, 0.4) is 0 Å². The van der Waals surface area contributed by atoms with Gasteiger partial charge in [-0.05, 0) is 32.6 Å². The first-order chi connectivity index (χ1) is 7.79. The first-order valence-electron chi connectivity index (χ1n) is 6.15. The molecule has 1 saturated carbocycles. The van der Waals surface area contributed by atoms with Gasteiger partial charge in [-0.3, -0.25) is 0 Å². The van der Waals surface area contributed by atoms with E-state index in [0.717, 1.165) is 37.9 Å². The van der Waals surface area contributed by atoms with E-state index in [1.807, 2.05) is 12.5 Å². The van der Waals surface area contributed by atoms with E-state index in [2.05, 4.69) is 16.5 Å². The molecule has 1 aliphatic carbocycles. The van der Waals surface area contributed by atoms with Crippen LogP contribution in [0.25, 0.3) is 0 Å². The van der Waals surface area contributed by atoms with Crippen LogP contribution < -0.4 is 5.73 Å². The van der Waals surface area contributed by atoms with Crippen molar-refractivity contribution >= 4 is 0 Å². The van der Waals surface area contributed by atoms with Gasteiger partial charge in [0.1, 0.15) is 0 Å². The number of hydrogen-bond donors (Lipinski definition) is 1. The summed E-state index contributed by atoms with van der Waals surface area (Å²) in [4.78, 5) is 4.13. The number of hydrogen-bond acceptors (Lipinski definition) is 3. The normalized spacial score (nSPS) is 25.9. The van der Waals surface area contributed by atoms with Crippen molar-refractivity contribution in [1.82, 2.24) is 9.55 Å². The Bertz CT molecular complexity index is 316. The molecule has 1 aliphatic rings. The van der Waals surface area contributed by atoms with Crippen LogP contribution in [-0.4, -0.2) is 21.7 Å². The number of aromatic nitrogens is 2. The van der Waals surface area contributed by atoms with Gasteiger partial charge in [0.25, 0.3) is 0 Å². The van der Waals surface area contributed by atoms with Gasteiger partial charge < -0.3 is 15.0 Å². The SMILES string of the molecule is CCn1cncc1COC1CCC(N)CC1. The Hall–Kier alpha value is -0.870. The van der Waals surface area contributed by atoms with Gasteiger partial charge in [-0.2, -0.15) is 0 Å². The second kappa shape index (κ2) is 5.46. The van der Waals surface area contributed by atoms with Crippen molar-refractivity contribution in [2.75, 3.05) is 0 Å². The number of ether oxygens (including phenoxy) is 1. The molecule has 0 bridgehead atoms. The van der Waals surface area contributed by atoms with Gasteiger partial charge in [-0.25, -0.2) is 4.98 Å². The van der Waals surface area contributed by atoms with Crippen molar-refractivity contribution in [1.29, 1.82) is 0 Å². The number of nitrogens with zero attached hydrogens (tertiary/aromatic N) is 2. The summed E-state index contributed by atoms with van der Waals surface area (Å²) in [6, 6.07) is 0.390. The van der Waals surface area contributed by atoms with E-state index < -0.39 is 0 Å². The molecule has 2 rings (SSSR count). The summed E-state index contributed by atoms with van der Waals surface area (Å²) in [6.45, 7) is 3.74. The van der Waals surface area contributed by atoms with Gasteiger partial charge in [0.15, 0.2) is 0 Å². The summed E-state index contributed by atoms with van der Waals surface area (Å²) in [5.41, 5.74) is 7.03. The van der Waals surface area contributed by atoms with E-state index >= 15 is 0 Å². The van der Waals surface area contributed by atoms with Gasteiger partial charge >= 0.3 is 0 Å². The Morgan fingerprint density at radius 2 is 2.19 bits per heavy atom. The predicted octanol–water partition coefficient (Wildman–Crippen LogP) is 1.69. The zero-order valence-corrected chi connectivity index (χ0v) is 9.93. The summed E-state index contributed by atoms with van der Waals surface area (Å²) in [5, 5.41) is 0. The molecule has 0 atom stereocenters. The molecule has 1 aromatic heterocycles. The molecule has 2 N–H and O–H groups in total. The molecule has 90 valence electrons. The molecule has 0 aliphatic heterocycles. The van der Waals surface area contributed by atoms with Gasteiger partial charge in [-0.15, -0.1) is 0 Å². The lowest BCUT2D eigenvalue weighted by atomic mass is 9.94. The lowest BCUT2D eigenvalue weighted by Gasteiger charge is -2.26. The first-order valence-corrected chi connectivity index (χ1v) is 6.15. The molecule has 0 saturated heterocycles. The van der Waals surface area contributed by atoms with Crippen LogP contribution in [0.5, 0.6) is 0 Å². The second-order valence-electron chi connectivity index (χ2n) is 4.52. The molecule has 1 heterocycles. The fraction of sp³-hybridized carbons (Fsp3) is 0.750. The number of rotatable bonds is 4. The largest absolute Gasteiger partial charge is 0.372 e. The molecule has 16 heavy (non-hydrogen) atoms. The highest BCUT2D eigenvalue weighted by atomic mass is 16.5. The molecule has 1 aromatic rings. The van der Waals surface area contributed by atoms with Crippen molar-refractivity contribution in [3.63, 3.8) is 0 Å². The van der Waals surface area contributed by atoms with Crippen LogP contribution in [0.2, 0.25) is 0 Å². The molecule has 0 amide bonds. The second-order valence-corrected chi connectivity index (χ2v) is 4.52. The average molecular weight is 223 g/mol. The minimum atomic E-state index is 0.389. The highest BCUT2D eigenvalue weighted by Crippen LogP contribution is 2.20. The van der Waals surface area contributed by atoms with Crippen molar-refractivity contribution in [2.24, 2.45) is 5.73 Å². The van der Waals surface area contributed by atoms with Gasteiger partial charge in [0.2, 0.25) is 0 Å². The molecule has 1 fully saturated rings. The lowest BCUT2D eigenvalue weighted by Crippen LogP contribution is -2.30. The summed E-state index contributed by atoms with van der Waals surface area (Å²) in [6.07, 6.45) is 8.52. The van der Waals surface area contributed by atoms with E-state index in [9.17, 15) is 0 Å². The Morgan fingerprint density at radius 3 is 2.88 bits per heavy atom. The van der Waals surface area contributed by atoms with Crippen LogP contribution in [0.1, 0.15) is 38.3 Å². The number of aryl methyl sites for hydroxylation is 1. The van der Waals surface area contributed by atoms with E-state index in [1.54, 1.807) is 0 Å². The minimum absolute atomic E-state index is 0.389. The van der Waals surface area contributed by atoms with Gasteiger partial charge in [0.05, 0.1) is 30.9 Å². The number of imidazole rings is 1. The third-order valence-corrected chi connectivity index (χ3v) is 3.32. The van der Waals surface area contributed by atoms with Crippen LogP contribution in [0, 0.1) is 0 Å². The summed E-state index contributed by atoms with van der Waals surface area (Å²) in [5.74, 6) is 0. The fourth-order valence-electron chi connectivity index (χ4n) is 2.21. The quantitative estimate of drug-likeness (QED) is 0.845. The highest BCUT2D eigenvalue weighted by molar-refractivity contribution is 4.96. The molecule has 4 nitrogen and oxygen atoms in total. The molecule has 0 radical (unpaired) electrons. The molecular weight excluding hydrogens is 202 g/mol. The Kier molecular flexibility index (Phi) is 3.96. The molecule has 0 aromatic carbocycles. The Balaban J connectivity index is 1.79. The van der Waals surface area contributed by atoms with Gasteiger partial charge in [-0.1, -0.05) is 0 Å². The molecule has 4 heteroatoms. The van der Waals surface area contributed by atoms with E-state index in [4.69, 9.17) is 10.5 Å². The predicted molar refractivity (Wildman–Crippen MR) is 62.9 cm³/mol. The maximum atomic E-state index is 5.90. The maximum Gasteiger partial charge on any atom is 0.0948 e. The van der Waals surface area contributed by atoms with Crippen molar-refractivity contribution in [3.05, 3.63) is 18.2 Å². The Labute approximate surface area is 96.8 Å². The molecular formula is C12H21N3O. The molecule has 0 spiro atoms. The van der Waals surface area contributed by atoms with Crippen LogP contribution in [-0.2, 0) is 17.9 Å². The number of nitrogens with two attached hydrogens (primary N) is 1. The lowest BCUT2D eigenvalue weighted by molar-refractivity contribution is 0.0110. The highest BCUT2D eigenvalue weighted by Gasteiger charge is 2.19. The van der Waals surface area contributed by atoms with Gasteiger partial charge in [0, 0.05) is 12.6 Å².